The maximum Gasteiger partial charge on any atom is 0.0714 e. The molecule has 11 aromatic carbocycles. The van der Waals surface area contributed by atoms with Crippen LogP contribution in [0.15, 0.2) is 279 Å². The third-order valence-corrected chi connectivity index (χ3v) is 14.3. The highest BCUT2D eigenvalue weighted by Crippen LogP contribution is 2.59. The number of para-hydroxylation sites is 2. The van der Waals surface area contributed by atoms with E-state index in [1.54, 1.807) is 0 Å². The first-order valence-corrected chi connectivity index (χ1v) is 23.8. The number of hydrogen-bond acceptors (Lipinski definition) is 1. The molecule has 1 aliphatic rings. The second-order valence-electron chi connectivity index (χ2n) is 18.0. The molecule has 0 spiro atoms. The second-order valence-corrected chi connectivity index (χ2v) is 18.0. The summed E-state index contributed by atoms with van der Waals surface area (Å²) >= 11 is 0. The van der Waals surface area contributed by atoms with E-state index in [4.69, 9.17) is 0 Å². The number of benzene rings is 11. The molecule has 0 fully saturated rings. The molecule has 324 valence electrons. The van der Waals surface area contributed by atoms with Gasteiger partial charge < -0.3 is 9.47 Å². The van der Waals surface area contributed by atoms with Gasteiger partial charge in [-0.2, -0.15) is 0 Å². The Hall–Kier alpha value is -8.98. The molecule has 2 nitrogen and oxygen atoms in total. The van der Waals surface area contributed by atoms with Gasteiger partial charge in [0, 0.05) is 33.4 Å². The largest absolute Gasteiger partial charge is 0.310 e. The van der Waals surface area contributed by atoms with Gasteiger partial charge >= 0.3 is 0 Å². The fourth-order valence-corrected chi connectivity index (χ4v) is 11.3. The molecule has 1 atom stereocenters. The number of fused-ring (bicyclic) bond motifs is 6. The summed E-state index contributed by atoms with van der Waals surface area (Å²) in [6, 6.07) is 102. The molecule has 0 bridgehead atoms. The maximum absolute atomic E-state index is 2.47. The molecule has 0 aliphatic heterocycles. The van der Waals surface area contributed by atoms with Crippen LogP contribution in [0.1, 0.15) is 22.3 Å². The molecule has 12 aromatic rings. The van der Waals surface area contributed by atoms with Crippen molar-refractivity contribution in [1.82, 2.24) is 4.57 Å². The lowest BCUT2D eigenvalue weighted by Crippen LogP contribution is -2.28. The van der Waals surface area contributed by atoms with Gasteiger partial charge in [-0.25, -0.2) is 0 Å². The Labute approximate surface area is 403 Å². The Morgan fingerprint density at radius 1 is 0.304 bits per heavy atom. The van der Waals surface area contributed by atoms with Crippen LogP contribution in [-0.4, -0.2) is 4.57 Å². The zero-order valence-corrected chi connectivity index (χ0v) is 38.0. The fourth-order valence-electron chi connectivity index (χ4n) is 11.3. The van der Waals surface area contributed by atoms with E-state index in [-0.39, 0.29) is 0 Å². The molecule has 1 unspecified atom stereocenters. The van der Waals surface area contributed by atoms with Gasteiger partial charge in [0.1, 0.15) is 0 Å². The van der Waals surface area contributed by atoms with Crippen molar-refractivity contribution in [3.8, 4) is 50.2 Å². The van der Waals surface area contributed by atoms with E-state index in [1.165, 1.54) is 88.6 Å². The van der Waals surface area contributed by atoms with Crippen molar-refractivity contribution in [2.45, 2.75) is 5.41 Å². The van der Waals surface area contributed by atoms with E-state index < -0.39 is 5.41 Å². The lowest BCUT2D eigenvalue weighted by Gasteiger charge is -2.34. The minimum absolute atomic E-state index is 0.567. The highest BCUT2D eigenvalue weighted by molar-refractivity contribution is 6.16. The molecule has 1 heterocycles. The monoisotopic (exact) mass is 878 g/mol. The smallest absolute Gasteiger partial charge is 0.0714 e. The van der Waals surface area contributed by atoms with Gasteiger partial charge in [0.05, 0.1) is 22.1 Å². The summed E-state index contributed by atoms with van der Waals surface area (Å²) < 4.78 is 2.39. The highest BCUT2D eigenvalue weighted by Gasteiger charge is 2.47. The van der Waals surface area contributed by atoms with E-state index >= 15 is 0 Å². The van der Waals surface area contributed by atoms with Crippen LogP contribution in [0.2, 0.25) is 0 Å². The Bertz CT molecular complexity index is 3780. The first-order chi connectivity index (χ1) is 34.3. The van der Waals surface area contributed by atoms with E-state index in [1.807, 2.05) is 0 Å². The molecular weight excluding hydrogens is 833 g/mol. The van der Waals surface area contributed by atoms with Crippen LogP contribution in [-0.2, 0) is 5.41 Å². The van der Waals surface area contributed by atoms with Crippen molar-refractivity contribution in [1.29, 1.82) is 0 Å². The molecule has 0 saturated heterocycles. The second kappa shape index (κ2) is 16.7. The van der Waals surface area contributed by atoms with Gasteiger partial charge in [-0.15, -0.1) is 0 Å². The summed E-state index contributed by atoms with van der Waals surface area (Å²) in [4.78, 5) is 2.47. The fraction of sp³-hybridized carbons (Fsp3) is 0.0149. The standard InChI is InChI=1S/C67H46N2/c1-5-19-47(20-6-1)49-35-41-53(42-36-49)67(52-23-9-3-10-24-52)60-30-15-13-27-58(60)66-61(67)31-18-34-64(66)68(55-43-37-50(38-44-55)48-21-7-2-8-22-48)56-45-39-51(40-46-56)57-29-17-33-63-65(57)59-28-14-16-32-62(59)69(63)54-25-11-4-12-26-54/h1-46H. The molecule has 13 rings (SSSR count). The van der Waals surface area contributed by atoms with Crippen molar-refractivity contribution in [3.63, 3.8) is 0 Å². The van der Waals surface area contributed by atoms with E-state index in [0.717, 1.165) is 22.7 Å². The van der Waals surface area contributed by atoms with E-state index in [9.17, 15) is 0 Å². The topological polar surface area (TPSA) is 8.17 Å². The van der Waals surface area contributed by atoms with Crippen LogP contribution in [0, 0.1) is 0 Å². The van der Waals surface area contributed by atoms with Crippen molar-refractivity contribution in [2.24, 2.45) is 0 Å². The van der Waals surface area contributed by atoms with E-state index in [0.29, 0.717) is 0 Å². The quantitative estimate of drug-likeness (QED) is 0.140. The first kappa shape index (κ1) is 40.3. The number of hydrogen-bond donors (Lipinski definition) is 0. The number of anilines is 3. The molecule has 0 radical (unpaired) electrons. The number of aromatic nitrogens is 1. The van der Waals surface area contributed by atoms with Gasteiger partial charge in [-0.3, -0.25) is 0 Å². The van der Waals surface area contributed by atoms with Crippen molar-refractivity contribution < 1.29 is 0 Å². The van der Waals surface area contributed by atoms with Crippen molar-refractivity contribution in [2.75, 3.05) is 4.90 Å². The Morgan fingerprint density at radius 3 is 1.43 bits per heavy atom. The van der Waals surface area contributed by atoms with Crippen LogP contribution in [0.4, 0.5) is 17.1 Å². The molecule has 1 aromatic heterocycles. The zero-order valence-electron chi connectivity index (χ0n) is 38.0. The number of nitrogens with zero attached hydrogens (tertiary/aromatic N) is 2. The lowest BCUT2D eigenvalue weighted by molar-refractivity contribution is 0.768. The maximum atomic E-state index is 2.47. The molecule has 1 aliphatic carbocycles. The van der Waals surface area contributed by atoms with Gasteiger partial charge in [0.2, 0.25) is 0 Å². The summed E-state index contributed by atoms with van der Waals surface area (Å²) in [6.45, 7) is 0. The average Bonchev–Trinajstić information content (AvgIpc) is 3.94. The SMILES string of the molecule is c1ccc(-c2ccc(N(c3ccc(-c4cccc5c4c4ccccc4n5-c4ccccc4)cc3)c3cccc4c3-c3ccccc3C4(c3ccccc3)c3ccc(-c4ccccc4)cc3)cc2)cc1. The Kier molecular flexibility index (Phi) is 9.77. The van der Waals surface area contributed by atoms with Crippen LogP contribution in [0.3, 0.4) is 0 Å². The molecule has 2 heteroatoms. The zero-order chi connectivity index (χ0) is 45.7. The summed E-state index contributed by atoms with van der Waals surface area (Å²) in [5.74, 6) is 0. The van der Waals surface area contributed by atoms with Gasteiger partial charge in [0.15, 0.2) is 0 Å². The van der Waals surface area contributed by atoms with Crippen LogP contribution in [0.25, 0.3) is 72.0 Å². The minimum Gasteiger partial charge on any atom is -0.310 e. The predicted molar refractivity (Wildman–Crippen MR) is 289 cm³/mol. The summed E-state index contributed by atoms with van der Waals surface area (Å²) in [5.41, 5.74) is 21.0. The summed E-state index contributed by atoms with van der Waals surface area (Å²) in [5, 5.41) is 2.50. The van der Waals surface area contributed by atoms with Gasteiger partial charge in [0.25, 0.3) is 0 Å². The van der Waals surface area contributed by atoms with E-state index in [2.05, 4.69) is 289 Å². The summed E-state index contributed by atoms with van der Waals surface area (Å²) in [7, 11) is 0. The van der Waals surface area contributed by atoms with Crippen molar-refractivity contribution >= 4 is 38.9 Å². The third-order valence-electron chi connectivity index (χ3n) is 14.3. The van der Waals surface area contributed by atoms with Crippen LogP contribution < -0.4 is 4.90 Å². The molecule has 0 N–H and O–H groups in total. The molecular formula is C67H46N2. The predicted octanol–water partition coefficient (Wildman–Crippen LogP) is 17.6. The molecule has 69 heavy (non-hydrogen) atoms. The van der Waals surface area contributed by atoms with Crippen LogP contribution in [0.5, 0.6) is 0 Å². The molecule has 0 saturated carbocycles. The van der Waals surface area contributed by atoms with Gasteiger partial charge in [-0.05, 0) is 116 Å². The Balaban J connectivity index is 1.01. The lowest BCUT2D eigenvalue weighted by atomic mass is 9.67. The highest BCUT2D eigenvalue weighted by atomic mass is 15.1. The normalized spacial score (nSPS) is 13.9. The average molecular weight is 879 g/mol. The third kappa shape index (κ3) is 6.56. The van der Waals surface area contributed by atoms with Crippen molar-refractivity contribution in [3.05, 3.63) is 301 Å². The summed E-state index contributed by atoms with van der Waals surface area (Å²) in [6.07, 6.45) is 0. The Morgan fingerprint density at radius 2 is 0.768 bits per heavy atom. The van der Waals surface area contributed by atoms with Crippen LogP contribution >= 0.6 is 0 Å². The van der Waals surface area contributed by atoms with Gasteiger partial charge in [-0.1, -0.05) is 224 Å². The minimum atomic E-state index is -0.567. The number of rotatable bonds is 9. The molecule has 0 amide bonds. The first-order valence-electron chi connectivity index (χ1n) is 23.8.